The zero-order valence-electron chi connectivity index (χ0n) is 5.13. The van der Waals surface area contributed by atoms with Gasteiger partial charge in [-0.15, -0.1) is 0 Å². The van der Waals surface area contributed by atoms with Crippen LogP contribution < -0.4 is 0 Å². The van der Waals surface area contributed by atoms with Crippen LogP contribution in [0.5, 0.6) is 0 Å². The number of hydrogen-bond acceptors (Lipinski definition) is 1. The molecule has 0 aliphatic rings. The van der Waals surface area contributed by atoms with Gasteiger partial charge in [-0.2, -0.15) is 0 Å². The van der Waals surface area contributed by atoms with Gasteiger partial charge in [-0.3, -0.25) is 9.78 Å². The number of hydrogen-bond donors (Lipinski definition) is 1. The summed E-state index contributed by atoms with van der Waals surface area (Å²) in [6.07, 6.45) is 1.78. The Bertz CT molecular complexity index is 322. The van der Waals surface area contributed by atoms with Crippen molar-refractivity contribution in [3.8, 4) is 0 Å². The zero-order chi connectivity index (χ0) is 6.27. The number of aromatic amines is 1. The monoisotopic (exact) mass is 123 g/mol. The van der Waals surface area contributed by atoms with Gasteiger partial charge in [0.25, 0.3) is 0 Å². The van der Waals surface area contributed by atoms with Gasteiger partial charge in [0.1, 0.15) is 5.52 Å². The van der Waals surface area contributed by atoms with E-state index in [0.717, 1.165) is 11.2 Å². The maximum absolute atomic E-state index is 4.06. The fraction of sp³-hybridized carbons (Fsp3) is 0.167. The first-order valence-electron chi connectivity index (χ1n) is 2.83. The smallest absolute Gasteiger partial charge is 0.170 e. The van der Waals surface area contributed by atoms with Crippen molar-refractivity contribution in [2.45, 2.75) is 0 Å². The average Bonchev–Trinajstić information content (AvgIpc) is 1.86. The maximum Gasteiger partial charge on any atom is 0.170 e. The minimum absolute atomic E-state index is 0. The molecule has 0 aliphatic carbocycles. The summed E-state index contributed by atoms with van der Waals surface area (Å²) in [4.78, 5) is 4.06. The molecule has 0 saturated carbocycles. The minimum Gasteiger partial charge on any atom is -0.286 e. The topological polar surface area (TPSA) is 33.6 Å². The van der Waals surface area contributed by atoms with E-state index in [2.05, 4.69) is 10.1 Å². The van der Waals surface area contributed by atoms with Crippen LogP contribution in [0.25, 0.3) is 11.2 Å². The Morgan fingerprint density at radius 1 is 1.78 bits per heavy atom. The van der Waals surface area contributed by atoms with E-state index in [9.17, 15) is 0 Å². The molecule has 0 radical (unpaired) electrons. The highest BCUT2D eigenvalue weighted by atomic mass is 15.3. The number of aryl methyl sites for hydroxylation is 1. The Hall–Kier alpha value is -1.25. The highest BCUT2D eigenvalue weighted by Crippen LogP contribution is 2.07. The summed E-state index contributed by atoms with van der Waals surface area (Å²) in [6, 6.07) is 3.95. The summed E-state index contributed by atoms with van der Waals surface area (Å²) in [5.41, 5.74) is 2.14. The van der Waals surface area contributed by atoms with E-state index in [4.69, 9.17) is 0 Å². The van der Waals surface area contributed by atoms with Crippen molar-refractivity contribution in [1.82, 2.24) is 14.8 Å². The zero-order valence-corrected chi connectivity index (χ0v) is 5.13. The van der Waals surface area contributed by atoms with Gasteiger partial charge >= 0.3 is 0 Å². The second-order valence-electron chi connectivity index (χ2n) is 2.04. The van der Waals surface area contributed by atoms with Crippen LogP contribution in [-0.4, -0.2) is 14.8 Å². The van der Waals surface area contributed by atoms with Crippen LogP contribution in [0.1, 0.15) is 1.43 Å². The molecule has 0 unspecified atom stereocenters. The molecule has 2 aromatic rings. The predicted octanol–water partition coefficient (Wildman–Crippen LogP) is 1.15. The number of nitrogens with one attached hydrogen (secondary N) is 1. The second kappa shape index (κ2) is 1.37. The molecular formula is C6H9N3. The molecule has 0 aromatic carbocycles. The molecular weight excluding hydrogens is 114 g/mol. The Balaban J connectivity index is 0.000000500. The molecule has 0 bridgehead atoms. The third-order valence-electron chi connectivity index (χ3n) is 1.42. The third-order valence-corrected chi connectivity index (χ3v) is 1.42. The Kier molecular flexibility index (Phi) is 0.704. The summed E-state index contributed by atoms with van der Waals surface area (Å²) in [5.74, 6) is 0. The van der Waals surface area contributed by atoms with E-state index in [0.29, 0.717) is 0 Å². The van der Waals surface area contributed by atoms with Crippen LogP contribution >= 0.6 is 0 Å². The number of pyridine rings is 1. The molecule has 0 aliphatic heterocycles. The lowest BCUT2D eigenvalue weighted by molar-refractivity contribution is 0.751. The summed E-state index contributed by atoms with van der Waals surface area (Å²) in [7, 11) is 1.96. The summed E-state index contributed by atoms with van der Waals surface area (Å²) in [6.45, 7) is 0. The molecule has 3 heteroatoms. The molecule has 3 nitrogen and oxygen atoms in total. The van der Waals surface area contributed by atoms with E-state index < -0.39 is 0 Å². The van der Waals surface area contributed by atoms with Crippen molar-refractivity contribution in [3.63, 3.8) is 0 Å². The quantitative estimate of drug-likeness (QED) is 0.560. The first-order chi connectivity index (χ1) is 4.38. The fourth-order valence-corrected chi connectivity index (χ4v) is 0.920. The van der Waals surface area contributed by atoms with Crippen LogP contribution in [0, 0.1) is 0 Å². The highest BCUT2D eigenvalue weighted by Gasteiger charge is 1.97. The second-order valence-corrected chi connectivity index (χ2v) is 2.04. The van der Waals surface area contributed by atoms with Gasteiger partial charge in [0.05, 0.1) is 0 Å². The molecule has 0 atom stereocenters. The van der Waals surface area contributed by atoms with Gasteiger partial charge in [-0.25, -0.2) is 4.98 Å². The molecule has 1 N–H and O–H groups in total. The minimum atomic E-state index is 0. The molecule has 9 heavy (non-hydrogen) atoms. The fourth-order valence-electron chi connectivity index (χ4n) is 0.920. The van der Waals surface area contributed by atoms with Crippen LogP contribution in [-0.2, 0) is 7.05 Å². The molecule has 48 valence electrons. The van der Waals surface area contributed by atoms with E-state index in [1.165, 1.54) is 0 Å². The standard InChI is InChI=1S/C6H7N3.H2/c1-9-5-3-2-4-7-6(5)8-9;/h2-4H,1H3,(H,7,8);1H. The van der Waals surface area contributed by atoms with E-state index in [-0.39, 0.29) is 1.43 Å². The number of nitrogens with zero attached hydrogens (tertiary/aromatic N) is 2. The first-order valence-corrected chi connectivity index (χ1v) is 2.83. The average molecular weight is 123 g/mol. The normalized spacial score (nSPS) is 10.8. The lowest BCUT2D eigenvalue weighted by atomic mass is 10.4. The van der Waals surface area contributed by atoms with Gasteiger partial charge in [-0.05, 0) is 12.1 Å². The van der Waals surface area contributed by atoms with Crippen molar-refractivity contribution in [2.24, 2.45) is 7.05 Å². The Labute approximate surface area is 53.8 Å². The Morgan fingerprint density at radius 2 is 2.67 bits per heavy atom. The van der Waals surface area contributed by atoms with E-state index >= 15 is 0 Å². The third kappa shape index (κ3) is 0.483. The lowest BCUT2D eigenvalue weighted by Gasteiger charge is -2.08. The number of H-pyrrole nitrogens is 1. The van der Waals surface area contributed by atoms with Crippen molar-refractivity contribution >= 4 is 11.2 Å². The van der Waals surface area contributed by atoms with Crippen LogP contribution in [0.3, 0.4) is 0 Å². The summed E-state index contributed by atoms with van der Waals surface area (Å²) in [5, 5.41) is 3.01. The van der Waals surface area contributed by atoms with E-state index in [1.54, 1.807) is 6.20 Å². The van der Waals surface area contributed by atoms with E-state index in [1.807, 2.05) is 23.9 Å². The van der Waals surface area contributed by atoms with Crippen molar-refractivity contribution in [3.05, 3.63) is 18.3 Å². The van der Waals surface area contributed by atoms with Crippen LogP contribution in [0.4, 0.5) is 0 Å². The van der Waals surface area contributed by atoms with Crippen molar-refractivity contribution < 1.29 is 1.43 Å². The van der Waals surface area contributed by atoms with Crippen molar-refractivity contribution in [1.29, 1.82) is 0 Å². The van der Waals surface area contributed by atoms with Gasteiger partial charge in [0, 0.05) is 14.7 Å². The highest BCUT2D eigenvalue weighted by molar-refractivity contribution is 5.71. The first kappa shape index (κ1) is 4.61. The molecule has 0 saturated heterocycles. The Morgan fingerprint density at radius 3 is 3.22 bits per heavy atom. The summed E-state index contributed by atoms with van der Waals surface area (Å²) < 4.78 is 1.93. The van der Waals surface area contributed by atoms with Crippen LogP contribution in [0.2, 0.25) is 0 Å². The number of rotatable bonds is 0. The molecule has 0 amide bonds. The molecule has 2 heterocycles. The number of fused-ring (bicyclic) bond motifs is 1. The molecule has 2 rings (SSSR count). The lowest BCUT2D eigenvalue weighted by Crippen LogP contribution is -2.05. The van der Waals surface area contributed by atoms with Gasteiger partial charge in [-0.1, -0.05) is 0 Å². The van der Waals surface area contributed by atoms with Crippen molar-refractivity contribution in [2.75, 3.05) is 0 Å². The SMILES string of the molecule is Cn1[nH]c2ncccc21.[HH]. The molecule has 0 fully saturated rings. The van der Waals surface area contributed by atoms with Gasteiger partial charge < -0.3 is 0 Å². The molecule has 0 spiro atoms. The van der Waals surface area contributed by atoms with Gasteiger partial charge in [0.15, 0.2) is 5.65 Å². The summed E-state index contributed by atoms with van der Waals surface area (Å²) >= 11 is 0. The predicted molar refractivity (Wildman–Crippen MR) is 37.2 cm³/mol. The molecule has 2 aromatic heterocycles. The number of aromatic nitrogens is 3. The maximum atomic E-state index is 4.06. The largest absolute Gasteiger partial charge is 0.286 e. The van der Waals surface area contributed by atoms with Gasteiger partial charge in [0.2, 0.25) is 0 Å². The van der Waals surface area contributed by atoms with Crippen LogP contribution in [0.15, 0.2) is 18.3 Å².